The van der Waals surface area contributed by atoms with Crippen molar-refractivity contribution in [1.29, 1.82) is 0 Å². The summed E-state index contributed by atoms with van der Waals surface area (Å²) < 4.78 is 19.5. The Bertz CT molecular complexity index is 543. The van der Waals surface area contributed by atoms with E-state index in [9.17, 15) is 4.39 Å². The maximum Gasteiger partial charge on any atom is 0.147 e. The van der Waals surface area contributed by atoms with Crippen LogP contribution in [0.3, 0.4) is 0 Å². The van der Waals surface area contributed by atoms with Gasteiger partial charge in [0, 0.05) is 0 Å². The SMILES string of the molecule is CC(C)Oc1cccc(F)c1-c1cnc(Cl)cn1. The maximum atomic E-state index is 13.9. The number of benzene rings is 1. The fraction of sp³-hybridized carbons (Fsp3) is 0.231. The van der Waals surface area contributed by atoms with Crippen LogP contribution in [-0.4, -0.2) is 16.1 Å². The molecule has 0 bridgehead atoms. The van der Waals surface area contributed by atoms with Crippen molar-refractivity contribution in [3.8, 4) is 17.0 Å². The summed E-state index contributed by atoms with van der Waals surface area (Å²) in [4.78, 5) is 7.96. The zero-order chi connectivity index (χ0) is 13.1. The molecule has 0 aliphatic carbocycles. The summed E-state index contributed by atoms with van der Waals surface area (Å²) in [6.07, 6.45) is 2.75. The minimum absolute atomic E-state index is 0.0502. The Balaban J connectivity index is 2.51. The molecule has 3 nitrogen and oxygen atoms in total. The van der Waals surface area contributed by atoms with Gasteiger partial charge >= 0.3 is 0 Å². The van der Waals surface area contributed by atoms with Crippen LogP contribution in [0.1, 0.15) is 13.8 Å². The van der Waals surface area contributed by atoms with Crippen molar-refractivity contribution in [2.45, 2.75) is 20.0 Å². The lowest BCUT2D eigenvalue weighted by molar-refractivity contribution is 0.242. The number of aromatic nitrogens is 2. The third-order valence-corrected chi connectivity index (χ3v) is 2.41. The van der Waals surface area contributed by atoms with Gasteiger partial charge in [0.15, 0.2) is 0 Å². The normalized spacial score (nSPS) is 10.7. The molecule has 5 heteroatoms. The van der Waals surface area contributed by atoms with Crippen molar-refractivity contribution < 1.29 is 9.13 Å². The van der Waals surface area contributed by atoms with Crippen molar-refractivity contribution in [2.24, 2.45) is 0 Å². The zero-order valence-corrected chi connectivity index (χ0v) is 10.8. The Labute approximate surface area is 110 Å². The molecule has 2 aromatic rings. The fourth-order valence-electron chi connectivity index (χ4n) is 1.55. The lowest BCUT2D eigenvalue weighted by Gasteiger charge is -2.14. The van der Waals surface area contributed by atoms with Crippen molar-refractivity contribution in [3.05, 3.63) is 41.6 Å². The van der Waals surface area contributed by atoms with E-state index in [1.807, 2.05) is 13.8 Å². The highest BCUT2D eigenvalue weighted by molar-refractivity contribution is 6.29. The van der Waals surface area contributed by atoms with Crippen LogP contribution < -0.4 is 4.74 Å². The zero-order valence-electron chi connectivity index (χ0n) is 10.0. The van der Waals surface area contributed by atoms with Gasteiger partial charge in [-0.05, 0) is 26.0 Å². The molecule has 94 valence electrons. The molecule has 1 aromatic carbocycles. The summed E-state index contributed by atoms with van der Waals surface area (Å²) in [6, 6.07) is 4.66. The molecule has 0 aliphatic rings. The average molecular weight is 267 g/mol. The second-order valence-electron chi connectivity index (χ2n) is 4.00. The number of halogens is 2. The maximum absolute atomic E-state index is 13.9. The molecular formula is C13H12ClFN2O. The van der Waals surface area contributed by atoms with Gasteiger partial charge in [-0.25, -0.2) is 9.37 Å². The number of rotatable bonds is 3. The van der Waals surface area contributed by atoms with Crippen LogP contribution in [-0.2, 0) is 0 Å². The topological polar surface area (TPSA) is 35.0 Å². The molecule has 0 saturated heterocycles. The minimum atomic E-state index is -0.398. The highest BCUT2D eigenvalue weighted by Gasteiger charge is 2.14. The van der Waals surface area contributed by atoms with E-state index in [-0.39, 0.29) is 11.3 Å². The van der Waals surface area contributed by atoms with Gasteiger partial charge in [-0.2, -0.15) is 0 Å². The van der Waals surface area contributed by atoms with Crippen LogP contribution in [0.2, 0.25) is 5.15 Å². The highest BCUT2D eigenvalue weighted by atomic mass is 35.5. The first-order valence-electron chi connectivity index (χ1n) is 5.51. The van der Waals surface area contributed by atoms with E-state index in [0.29, 0.717) is 17.0 Å². The van der Waals surface area contributed by atoms with Gasteiger partial charge in [-0.15, -0.1) is 0 Å². The van der Waals surface area contributed by atoms with E-state index >= 15 is 0 Å². The molecule has 0 unspecified atom stereocenters. The van der Waals surface area contributed by atoms with Gasteiger partial charge in [-0.3, -0.25) is 4.98 Å². The monoisotopic (exact) mass is 266 g/mol. The molecule has 0 fully saturated rings. The fourth-order valence-corrected chi connectivity index (χ4v) is 1.64. The lowest BCUT2D eigenvalue weighted by Crippen LogP contribution is -2.07. The first kappa shape index (κ1) is 12.8. The van der Waals surface area contributed by atoms with Crippen molar-refractivity contribution in [2.75, 3.05) is 0 Å². The summed E-state index contributed by atoms with van der Waals surface area (Å²) in [7, 11) is 0. The van der Waals surface area contributed by atoms with Crippen LogP contribution in [0.4, 0.5) is 4.39 Å². The Kier molecular flexibility index (Phi) is 3.77. The average Bonchev–Trinajstić information content (AvgIpc) is 2.30. The van der Waals surface area contributed by atoms with Gasteiger partial charge in [0.05, 0.1) is 29.8 Å². The molecule has 0 amide bonds. The molecule has 0 saturated carbocycles. The summed E-state index contributed by atoms with van der Waals surface area (Å²) in [5.41, 5.74) is 0.698. The second kappa shape index (κ2) is 5.31. The molecule has 1 aromatic heterocycles. The molecule has 0 radical (unpaired) electrons. The molecular weight excluding hydrogens is 255 g/mol. The van der Waals surface area contributed by atoms with Crippen LogP contribution in [0, 0.1) is 5.82 Å². The van der Waals surface area contributed by atoms with Crippen molar-refractivity contribution in [1.82, 2.24) is 9.97 Å². The number of nitrogens with zero attached hydrogens (tertiary/aromatic N) is 2. The third-order valence-electron chi connectivity index (χ3n) is 2.21. The molecule has 0 atom stereocenters. The van der Waals surface area contributed by atoms with Gasteiger partial charge < -0.3 is 4.74 Å². The van der Waals surface area contributed by atoms with Crippen LogP contribution >= 0.6 is 11.6 Å². The molecule has 18 heavy (non-hydrogen) atoms. The largest absolute Gasteiger partial charge is 0.490 e. The molecule has 2 rings (SSSR count). The van der Waals surface area contributed by atoms with Gasteiger partial charge in [0.25, 0.3) is 0 Å². The highest BCUT2D eigenvalue weighted by Crippen LogP contribution is 2.31. The molecule has 0 spiro atoms. The summed E-state index contributed by atoms with van der Waals surface area (Å²) >= 11 is 5.66. The van der Waals surface area contributed by atoms with Crippen LogP contribution in [0.5, 0.6) is 5.75 Å². The Hall–Kier alpha value is -1.68. The van der Waals surface area contributed by atoms with Gasteiger partial charge in [0.1, 0.15) is 16.7 Å². The summed E-state index contributed by atoms with van der Waals surface area (Å²) in [6.45, 7) is 3.75. The predicted octanol–water partition coefficient (Wildman–Crippen LogP) is 3.72. The van der Waals surface area contributed by atoms with Crippen LogP contribution in [0.15, 0.2) is 30.6 Å². The number of hydrogen-bond donors (Lipinski definition) is 0. The molecule has 1 heterocycles. The first-order valence-corrected chi connectivity index (χ1v) is 5.89. The van der Waals surface area contributed by atoms with E-state index in [4.69, 9.17) is 16.3 Å². The van der Waals surface area contributed by atoms with E-state index in [2.05, 4.69) is 9.97 Å². The lowest BCUT2D eigenvalue weighted by atomic mass is 10.1. The van der Waals surface area contributed by atoms with Gasteiger partial charge in [-0.1, -0.05) is 17.7 Å². The number of hydrogen-bond acceptors (Lipinski definition) is 3. The number of ether oxygens (including phenoxy) is 1. The Morgan fingerprint density at radius 1 is 1.22 bits per heavy atom. The summed E-state index contributed by atoms with van der Waals surface area (Å²) in [5.74, 6) is 0.0476. The third kappa shape index (κ3) is 2.76. The Morgan fingerprint density at radius 3 is 2.61 bits per heavy atom. The van der Waals surface area contributed by atoms with Crippen molar-refractivity contribution >= 4 is 11.6 Å². The van der Waals surface area contributed by atoms with E-state index in [1.165, 1.54) is 18.5 Å². The second-order valence-corrected chi connectivity index (χ2v) is 4.39. The van der Waals surface area contributed by atoms with E-state index in [0.717, 1.165) is 0 Å². The quantitative estimate of drug-likeness (QED) is 0.849. The standard InChI is InChI=1S/C13H12ClFN2O/c1-8(2)18-11-5-3-4-9(15)13(11)10-6-17-12(14)7-16-10/h3-8H,1-2H3. The molecule has 0 N–H and O–H groups in total. The van der Waals surface area contributed by atoms with E-state index in [1.54, 1.807) is 12.1 Å². The molecule has 0 aliphatic heterocycles. The van der Waals surface area contributed by atoms with Crippen LogP contribution in [0.25, 0.3) is 11.3 Å². The van der Waals surface area contributed by atoms with Gasteiger partial charge in [0.2, 0.25) is 0 Å². The predicted molar refractivity (Wildman–Crippen MR) is 68.2 cm³/mol. The smallest absolute Gasteiger partial charge is 0.147 e. The van der Waals surface area contributed by atoms with E-state index < -0.39 is 5.82 Å². The summed E-state index contributed by atoms with van der Waals surface area (Å²) in [5, 5.41) is 0.265. The minimum Gasteiger partial charge on any atom is -0.490 e. The first-order chi connectivity index (χ1) is 8.58. The van der Waals surface area contributed by atoms with Crippen molar-refractivity contribution in [3.63, 3.8) is 0 Å². The Morgan fingerprint density at radius 2 is 2.00 bits per heavy atom.